The van der Waals surface area contributed by atoms with Crippen LogP contribution >= 0.6 is 0 Å². The van der Waals surface area contributed by atoms with Crippen molar-refractivity contribution in [2.45, 2.75) is 97.6 Å². The van der Waals surface area contributed by atoms with Gasteiger partial charge in [-0.2, -0.15) is 0 Å². The molecule has 3 aromatic carbocycles. The van der Waals surface area contributed by atoms with Crippen molar-refractivity contribution in [1.29, 1.82) is 0 Å². The van der Waals surface area contributed by atoms with E-state index in [4.69, 9.17) is 13.6 Å². The number of alkyl carbamates (subject to hydrolysis) is 1. The van der Waals surface area contributed by atoms with Gasteiger partial charge in [-0.25, -0.2) is 4.79 Å². The van der Waals surface area contributed by atoms with E-state index >= 15 is 0 Å². The molecular weight excluding hydrogens is 579 g/mol. The van der Waals surface area contributed by atoms with E-state index in [2.05, 4.69) is 127 Å². The molecule has 0 bridgehead atoms. The van der Waals surface area contributed by atoms with Gasteiger partial charge in [0.1, 0.15) is 6.61 Å². The van der Waals surface area contributed by atoms with Gasteiger partial charge in [-0.15, -0.1) is 0 Å². The van der Waals surface area contributed by atoms with Crippen LogP contribution in [0.25, 0.3) is 11.1 Å². The maximum atomic E-state index is 12.2. The number of benzene rings is 3. The molecule has 1 amide bonds. The molecule has 236 valence electrons. The Balaban J connectivity index is 1.75. The number of ether oxygens (including phenoxy) is 1. The summed E-state index contributed by atoms with van der Waals surface area (Å²) in [6, 6.07) is 24.6. The van der Waals surface area contributed by atoms with Crippen LogP contribution in [0.3, 0.4) is 0 Å². The number of rotatable bonds is 10. The molecule has 44 heavy (non-hydrogen) atoms. The molecule has 0 radical (unpaired) electrons. The molecule has 0 saturated carbocycles. The van der Waals surface area contributed by atoms with Gasteiger partial charge in [-0.05, 0) is 70.1 Å². The van der Waals surface area contributed by atoms with Crippen LogP contribution < -0.4 is 5.32 Å². The highest BCUT2D eigenvalue weighted by Crippen LogP contribution is 2.38. The molecule has 7 heteroatoms. The van der Waals surface area contributed by atoms with Crippen LogP contribution in [0, 0.1) is 11.8 Å². The summed E-state index contributed by atoms with van der Waals surface area (Å²) < 4.78 is 18.3. The molecule has 0 heterocycles. The Morgan fingerprint density at radius 3 is 1.84 bits per heavy atom. The fourth-order valence-electron chi connectivity index (χ4n) is 3.78. The molecular formula is C37H51NO4Si2. The predicted molar refractivity (Wildman–Crippen MR) is 187 cm³/mol. The van der Waals surface area contributed by atoms with Crippen LogP contribution in [0.1, 0.15) is 63.8 Å². The number of nitrogens with one attached hydrogen (secondary N) is 1. The summed E-state index contributed by atoms with van der Waals surface area (Å²) in [7, 11) is -3.76. The van der Waals surface area contributed by atoms with Gasteiger partial charge >= 0.3 is 6.09 Å². The third kappa shape index (κ3) is 10.2. The van der Waals surface area contributed by atoms with E-state index < -0.39 is 22.7 Å². The highest BCUT2D eigenvalue weighted by molar-refractivity contribution is 6.74. The minimum atomic E-state index is -1.95. The largest absolute Gasteiger partial charge is 0.445 e. The van der Waals surface area contributed by atoms with E-state index in [1.54, 1.807) is 0 Å². The van der Waals surface area contributed by atoms with Crippen molar-refractivity contribution >= 4 is 22.7 Å². The number of hydrogen-bond acceptors (Lipinski definition) is 4. The summed E-state index contributed by atoms with van der Waals surface area (Å²) in [5.41, 5.74) is 6.24. The number of carbonyl (C=O) groups is 1. The van der Waals surface area contributed by atoms with Crippen molar-refractivity contribution < 1.29 is 18.4 Å². The van der Waals surface area contributed by atoms with Gasteiger partial charge in [0.15, 0.2) is 16.6 Å². The van der Waals surface area contributed by atoms with Crippen LogP contribution in [0.15, 0.2) is 72.8 Å². The number of hydrogen-bond donors (Lipinski definition) is 1. The lowest BCUT2D eigenvalue weighted by Crippen LogP contribution is -2.40. The van der Waals surface area contributed by atoms with Gasteiger partial charge in [0, 0.05) is 5.56 Å². The third-order valence-corrected chi connectivity index (χ3v) is 17.9. The molecule has 5 nitrogen and oxygen atoms in total. The van der Waals surface area contributed by atoms with E-state index in [9.17, 15) is 4.79 Å². The van der Waals surface area contributed by atoms with Gasteiger partial charge in [-0.3, -0.25) is 0 Å². The Bertz CT molecular complexity index is 1440. The van der Waals surface area contributed by atoms with Gasteiger partial charge < -0.3 is 18.9 Å². The van der Waals surface area contributed by atoms with Crippen molar-refractivity contribution in [2.75, 3.05) is 6.54 Å². The number of amides is 1. The fourth-order valence-corrected chi connectivity index (χ4v) is 5.69. The van der Waals surface area contributed by atoms with Gasteiger partial charge in [0.25, 0.3) is 0 Å². The second-order valence-corrected chi connectivity index (χ2v) is 24.0. The highest BCUT2D eigenvalue weighted by Gasteiger charge is 2.38. The first-order valence-corrected chi connectivity index (χ1v) is 21.2. The molecule has 0 aromatic heterocycles. The van der Waals surface area contributed by atoms with E-state index in [1.807, 2.05) is 30.3 Å². The Hall–Kier alpha value is -3.16. The van der Waals surface area contributed by atoms with Crippen LogP contribution in [0.4, 0.5) is 4.79 Å². The molecule has 0 atom stereocenters. The molecule has 0 spiro atoms. The van der Waals surface area contributed by atoms with Crippen molar-refractivity contribution in [3.8, 4) is 23.0 Å². The Kier molecular flexibility index (Phi) is 11.8. The quantitative estimate of drug-likeness (QED) is 0.179. The normalized spacial score (nSPS) is 12.3. The van der Waals surface area contributed by atoms with E-state index in [0.29, 0.717) is 13.2 Å². The topological polar surface area (TPSA) is 56.8 Å². The Morgan fingerprint density at radius 1 is 0.705 bits per heavy atom. The standard InChI is InChI=1S/C37H51NO4Si2/c1-36(2,3)43(7,8)41-27-30-18-20-31(21-19-30)33-22-23-34(28-42-44(9,10)37(4,5)6)32(25-33)17-14-24-38-35(39)40-26-29-15-12-11-13-16-29/h11-13,15-16,18-23,25H,24,26-28H2,1-10H3,(H,38,39). The maximum absolute atomic E-state index is 12.2. The first kappa shape index (κ1) is 35.3. The lowest BCUT2D eigenvalue weighted by Gasteiger charge is -2.36. The third-order valence-electron chi connectivity index (χ3n) is 8.95. The van der Waals surface area contributed by atoms with Crippen LogP contribution in [-0.2, 0) is 33.4 Å². The number of carbonyl (C=O) groups excluding carboxylic acids is 1. The Morgan fingerprint density at radius 2 is 1.25 bits per heavy atom. The van der Waals surface area contributed by atoms with Crippen molar-refractivity contribution in [1.82, 2.24) is 5.32 Å². The first-order valence-electron chi connectivity index (χ1n) is 15.4. The van der Waals surface area contributed by atoms with Gasteiger partial charge in [0.05, 0.1) is 19.8 Å². The maximum Gasteiger partial charge on any atom is 0.408 e. The first-order chi connectivity index (χ1) is 20.5. The molecule has 1 N–H and O–H groups in total. The van der Waals surface area contributed by atoms with E-state index in [1.165, 1.54) is 5.56 Å². The summed E-state index contributed by atoms with van der Waals surface area (Å²) >= 11 is 0. The molecule has 3 rings (SSSR count). The molecule has 0 aliphatic rings. The Labute approximate surface area is 268 Å². The fraction of sp³-hybridized carbons (Fsp3) is 0.432. The molecule has 3 aromatic rings. The predicted octanol–water partition coefficient (Wildman–Crippen LogP) is 9.68. The zero-order chi connectivity index (χ0) is 32.6. The van der Waals surface area contributed by atoms with Crippen molar-refractivity contribution in [3.63, 3.8) is 0 Å². The summed E-state index contributed by atoms with van der Waals surface area (Å²) in [5.74, 6) is 6.40. The summed E-state index contributed by atoms with van der Waals surface area (Å²) in [5, 5.41) is 3.02. The molecule has 0 aliphatic carbocycles. The summed E-state index contributed by atoms with van der Waals surface area (Å²) in [4.78, 5) is 12.2. The molecule has 0 saturated heterocycles. The minimum Gasteiger partial charge on any atom is -0.445 e. The van der Waals surface area contributed by atoms with Gasteiger partial charge in [-0.1, -0.05) is 120 Å². The van der Waals surface area contributed by atoms with Crippen LogP contribution in [0.2, 0.25) is 36.3 Å². The zero-order valence-electron chi connectivity index (χ0n) is 28.4. The minimum absolute atomic E-state index is 0.110. The zero-order valence-corrected chi connectivity index (χ0v) is 30.4. The highest BCUT2D eigenvalue weighted by atomic mass is 28.4. The van der Waals surface area contributed by atoms with Crippen molar-refractivity contribution in [3.05, 3.63) is 95.1 Å². The van der Waals surface area contributed by atoms with Crippen LogP contribution in [-0.4, -0.2) is 29.3 Å². The SMILES string of the molecule is CC(C)(C)[Si](C)(C)OCc1ccc(-c2ccc(CO[Si](C)(C)C(C)(C)C)c(C#CCNC(=O)OCc3ccccc3)c2)cc1. The van der Waals surface area contributed by atoms with Gasteiger partial charge in [0.2, 0.25) is 0 Å². The lowest BCUT2D eigenvalue weighted by molar-refractivity contribution is 0.141. The smallest absolute Gasteiger partial charge is 0.408 e. The monoisotopic (exact) mass is 629 g/mol. The molecule has 0 unspecified atom stereocenters. The van der Waals surface area contributed by atoms with E-state index in [-0.39, 0.29) is 23.2 Å². The molecule has 0 aliphatic heterocycles. The second kappa shape index (κ2) is 14.7. The average molecular weight is 630 g/mol. The van der Waals surface area contributed by atoms with Crippen LogP contribution in [0.5, 0.6) is 0 Å². The summed E-state index contributed by atoms with van der Waals surface area (Å²) in [6.07, 6.45) is -0.490. The summed E-state index contributed by atoms with van der Waals surface area (Å²) in [6.45, 7) is 24.1. The average Bonchev–Trinajstić information content (AvgIpc) is 2.96. The lowest BCUT2D eigenvalue weighted by atomic mass is 9.99. The second-order valence-electron chi connectivity index (χ2n) is 14.4. The molecule has 0 fully saturated rings. The van der Waals surface area contributed by atoms with Crippen molar-refractivity contribution in [2.24, 2.45) is 0 Å². The van der Waals surface area contributed by atoms with E-state index in [0.717, 1.165) is 27.8 Å².